The summed E-state index contributed by atoms with van der Waals surface area (Å²) in [5, 5.41) is 8.93. The minimum Gasteiger partial charge on any atom is -0.493 e. The van der Waals surface area contributed by atoms with Gasteiger partial charge in [-0.3, -0.25) is 0 Å². The molecule has 3 nitrogen and oxygen atoms in total. The van der Waals surface area contributed by atoms with E-state index in [-0.39, 0.29) is 19.6 Å². The van der Waals surface area contributed by atoms with Gasteiger partial charge in [-0.25, -0.2) is 0 Å². The van der Waals surface area contributed by atoms with Gasteiger partial charge in [-0.15, -0.1) is 0 Å². The molecule has 0 aliphatic carbocycles. The Hall–Kier alpha value is -1.43. The summed E-state index contributed by atoms with van der Waals surface area (Å²) in [5.74, 6) is 0.769. The molecule has 1 rings (SSSR count). The van der Waals surface area contributed by atoms with Crippen molar-refractivity contribution in [3.63, 3.8) is 0 Å². The van der Waals surface area contributed by atoms with Crippen LogP contribution in [0.3, 0.4) is 0 Å². The monoisotopic (exact) mass is 264 g/mol. The van der Waals surface area contributed by atoms with E-state index in [0.717, 1.165) is 0 Å². The number of aliphatic hydroxyl groups is 1. The van der Waals surface area contributed by atoms with Gasteiger partial charge in [-0.05, 0) is 24.1 Å². The first-order chi connectivity index (χ1) is 8.46. The van der Waals surface area contributed by atoms with Crippen molar-refractivity contribution in [3.8, 4) is 11.5 Å². The van der Waals surface area contributed by atoms with Gasteiger partial charge in [-0.1, -0.05) is 6.07 Å². The maximum Gasteiger partial charge on any atom is 0.389 e. The lowest BCUT2D eigenvalue weighted by atomic mass is 10.2. The number of benzene rings is 1. The number of ether oxygens (including phenoxy) is 2. The van der Waals surface area contributed by atoms with Gasteiger partial charge in [0.25, 0.3) is 0 Å². The fourth-order valence-corrected chi connectivity index (χ4v) is 1.38. The number of hydrogen-bond acceptors (Lipinski definition) is 3. The van der Waals surface area contributed by atoms with Crippen LogP contribution >= 0.6 is 0 Å². The molecule has 6 heteroatoms. The standard InChI is InChI=1S/C12H15F3O3/c1-17-11-7-9(8-16)3-4-10(11)18-6-2-5-12(13,14)15/h3-4,7,16H,2,5-6,8H2,1H3. The van der Waals surface area contributed by atoms with Crippen molar-refractivity contribution in [1.29, 1.82) is 0 Å². The quantitative estimate of drug-likeness (QED) is 0.803. The molecule has 0 aromatic heterocycles. The second kappa shape index (κ2) is 6.49. The molecule has 0 aliphatic heterocycles. The van der Waals surface area contributed by atoms with E-state index in [4.69, 9.17) is 14.6 Å². The normalized spacial score (nSPS) is 11.4. The van der Waals surface area contributed by atoms with E-state index in [2.05, 4.69) is 0 Å². The Morgan fingerprint density at radius 3 is 2.50 bits per heavy atom. The van der Waals surface area contributed by atoms with Gasteiger partial charge >= 0.3 is 6.18 Å². The lowest BCUT2D eigenvalue weighted by Crippen LogP contribution is -2.10. The van der Waals surface area contributed by atoms with Crippen LogP contribution in [0.5, 0.6) is 11.5 Å². The number of halogens is 3. The van der Waals surface area contributed by atoms with Gasteiger partial charge in [0.05, 0.1) is 20.3 Å². The topological polar surface area (TPSA) is 38.7 Å². The molecule has 1 aromatic rings. The van der Waals surface area contributed by atoms with Crippen molar-refractivity contribution < 1.29 is 27.8 Å². The third kappa shape index (κ3) is 4.83. The third-order valence-corrected chi connectivity index (χ3v) is 2.27. The zero-order valence-corrected chi connectivity index (χ0v) is 9.96. The van der Waals surface area contributed by atoms with E-state index >= 15 is 0 Å². The number of rotatable bonds is 6. The van der Waals surface area contributed by atoms with Crippen molar-refractivity contribution in [2.45, 2.75) is 25.6 Å². The lowest BCUT2D eigenvalue weighted by Gasteiger charge is -2.12. The summed E-state index contributed by atoms with van der Waals surface area (Å²) in [4.78, 5) is 0. The van der Waals surface area contributed by atoms with Crippen molar-refractivity contribution in [1.82, 2.24) is 0 Å². The van der Waals surface area contributed by atoms with Crippen molar-refractivity contribution in [2.24, 2.45) is 0 Å². The van der Waals surface area contributed by atoms with Crippen LogP contribution in [0.25, 0.3) is 0 Å². The van der Waals surface area contributed by atoms with Gasteiger partial charge < -0.3 is 14.6 Å². The Morgan fingerprint density at radius 1 is 1.22 bits per heavy atom. The van der Waals surface area contributed by atoms with Crippen LogP contribution in [0.4, 0.5) is 13.2 Å². The van der Waals surface area contributed by atoms with Crippen LogP contribution in [0.1, 0.15) is 18.4 Å². The average molecular weight is 264 g/mol. The van der Waals surface area contributed by atoms with E-state index in [1.54, 1.807) is 18.2 Å². The number of methoxy groups -OCH3 is 1. The molecular weight excluding hydrogens is 249 g/mol. The molecule has 0 atom stereocenters. The summed E-state index contributed by atoms with van der Waals surface area (Å²) in [7, 11) is 1.43. The highest BCUT2D eigenvalue weighted by Gasteiger charge is 2.26. The first-order valence-electron chi connectivity index (χ1n) is 5.43. The molecule has 0 amide bonds. The molecule has 0 spiro atoms. The SMILES string of the molecule is COc1cc(CO)ccc1OCCCC(F)(F)F. The third-order valence-electron chi connectivity index (χ3n) is 2.27. The molecule has 0 saturated heterocycles. The lowest BCUT2D eigenvalue weighted by molar-refractivity contribution is -0.136. The van der Waals surface area contributed by atoms with Crippen LogP contribution in [0, 0.1) is 0 Å². The molecular formula is C12H15F3O3. The summed E-state index contributed by atoms with van der Waals surface area (Å²) < 4.78 is 46.0. The average Bonchev–Trinajstić information content (AvgIpc) is 2.33. The molecule has 0 radical (unpaired) electrons. The molecule has 0 fully saturated rings. The number of aliphatic hydroxyl groups excluding tert-OH is 1. The summed E-state index contributed by atoms with van der Waals surface area (Å²) in [5.41, 5.74) is 0.648. The molecule has 1 N–H and O–H groups in total. The van der Waals surface area contributed by atoms with Crippen LogP contribution in [-0.2, 0) is 6.61 Å². The van der Waals surface area contributed by atoms with Gasteiger partial charge in [0.15, 0.2) is 11.5 Å². The maximum absolute atomic E-state index is 11.9. The second-order valence-corrected chi connectivity index (χ2v) is 3.71. The Labute approximate surface area is 103 Å². The molecule has 102 valence electrons. The predicted octanol–water partition coefficient (Wildman–Crippen LogP) is 2.91. The molecule has 0 saturated carbocycles. The highest BCUT2D eigenvalue weighted by molar-refractivity contribution is 5.42. The fourth-order valence-electron chi connectivity index (χ4n) is 1.38. The van der Waals surface area contributed by atoms with Crippen LogP contribution in [0.15, 0.2) is 18.2 Å². The van der Waals surface area contributed by atoms with E-state index in [1.807, 2.05) is 0 Å². The second-order valence-electron chi connectivity index (χ2n) is 3.71. The first-order valence-corrected chi connectivity index (χ1v) is 5.43. The minimum absolute atomic E-state index is 0.0334. The Morgan fingerprint density at radius 2 is 1.94 bits per heavy atom. The Kier molecular flexibility index (Phi) is 5.27. The molecule has 1 aromatic carbocycles. The smallest absolute Gasteiger partial charge is 0.389 e. The number of hydrogen-bond donors (Lipinski definition) is 1. The minimum atomic E-state index is -4.16. The molecule has 0 unspecified atom stereocenters. The summed E-state index contributed by atoms with van der Waals surface area (Å²) >= 11 is 0. The fraction of sp³-hybridized carbons (Fsp3) is 0.500. The van der Waals surface area contributed by atoms with Crippen molar-refractivity contribution in [2.75, 3.05) is 13.7 Å². The highest BCUT2D eigenvalue weighted by atomic mass is 19.4. The summed E-state index contributed by atoms with van der Waals surface area (Å²) in [6.45, 7) is -0.168. The summed E-state index contributed by atoms with van der Waals surface area (Å²) in [6, 6.07) is 4.78. The van der Waals surface area contributed by atoms with Crippen molar-refractivity contribution >= 4 is 0 Å². The van der Waals surface area contributed by atoms with Gasteiger partial charge in [0.2, 0.25) is 0 Å². The number of alkyl halides is 3. The summed E-state index contributed by atoms with van der Waals surface area (Å²) in [6.07, 6.45) is -5.13. The Bertz CT molecular complexity index is 377. The predicted molar refractivity (Wildman–Crippen MR) is 59.7 cm³/mol. The van der Waals surface area contributed by atoms with Crippen LogP contribution in [0.2, 0.25) is 0 Å². The van der Waals surface area contributed by atoms with E-state index in [9.17, 15) is 13.2 Å². The largest absolute Gasteiger partial charge is 0.493 e. The zero-order chi connectivity index (χ0) is 13.6. The molecule has 0 aliphatic rings. The van der Waals surface area contributed by atoms with E-state index in [1.165, 1.54) is 7.11 Å². The van der Waals surface area contributed by atoms with E-state index in [0.29, 0.717) is 17.1 Å². The van der Waals surface area contributed by atoms with Crippen molar-refractivity contribution in [3.05, 3.63) is 23.8 Å². The Balaban J connectivity index is 2.51. The van der Waals surface area contributed by atoms with Gasteiger partial charge in [0, 0.05) is 6.42 Å². The van der Waals surface area contributed by atoms with E-state index < -0.39 is 12.6 Å². The van der Waals surface area contributed by atoms with Crippen LogP contribution in [-0.4, -0.2) is 25.0 Å². The first kappa shape index (κ1) is 14.6. The van der Waals surface area contributed by atoms with Gasteiger partial charge in [-0.2, -0.15) is 13.2 Å². The molecule has 18 heavy (non-hydrogen) atoms. The molecule has 0 heterocycles. The van der Waals surface area contributed by atoms with Crippen LogP contribution < -0.4 is 9.47 Å². The van der Waals surface area contributed by atoms with Gasteiger partial charge in [0.1, 0.15) is 0 Å². The molecule has 0 bridgehead atoms. The maximum atomic E-state index is 11.9. The highest BCUT2D eigenvalue weighted by Crippen LogP contribution is 2.29. The zero-order valence-electron chi connectivity index (χ0n) is 9.96.